The first-order valence-corrected chi connectivity index (χ1v) is 8.67. The van der Waals surface area contributed by atoms with Crippen molar-refractivity contribution in [2.24, 2.45) is 4.99 Å². The predicted molar refractivity (Wildman–Crippen MR) is 99.5 cm³/mol. The summed E-state index contributed by atoms with van der Waals surface area (Å²) in [5.41, 5.74) is 0.890. The number of hydrogen-bond acceptors (Lipinski definition) is 5. The minimum absolute atomic E-state index is 0.0847. The molecule has 28 heavy (non-hydrogen) atoms. The maximum Gasteiger partial charge on any atom is 0.387 e. The molecule has 152 valence electrons. The molecule has 0 aliphatic carbocycles. The molecule has 0 unspecified atom stereocenters. The van der Waals surface area contributed by atoms with Gasteiger partial charge in [-0.2, -0.15) is 8.78 Å². The number of halogens is 2. The van der Waals surface area contributed by atoms with Crippen molar-refractivity contribution in [2.45, 2.75) is 33.5 Å². The van der Waals surface area contributed by atoms with E-state index in [1.807, 2.05) is 6.92 Å². The molecule has 7 nitrogen and oxygen atoms in total. The molecular formula is C19H23F2N3O4. The number of benzene rings is 1. The minimum atomic E-state index is -2.90. The molecule has 0 aliphatic heterocycles. The Morgan fingerprint density at radius 3 is 2.71 bits per heavy atom. The highest BCUT2D eigenvalue weighted by Gasteiger charge is 2.15. The van der Waals surface area contributed by atoms with Crippen LogP contribution in [0.15, 0.2) is 39.7 Å². The van der Waals surface area contributed by atoms with Gasteiger partial charge in [-0.25, -0.2) is 9.79 Å². The number of nitrogens with zero attached hydrogens (tertiary/aromatic N) is 1. The van der Waals surface area contributed by atoms with E-state index in [2.05, 4.69) is 20.4 Å². The van der Waals surface area contributed by atoms with Gasteiger partial charge in [0.2, 0.25) is 0 Å². The number of furan rings is 1. The predicted octanol–water partition coefficient (Wildman–Crippen LogP) is 3.23. The molecule has 1 aromatic heterocycles. The lowest BCUT2D eigenvalue weighted by Gasteiger charge is -2.12. The Hall–Kier alpha value is -3.10. The number of hydrogen-bond donors (Lipinski definition) is 2. The van der Waals surface area contributed by atoms with Gasteiger partial charge < -0.3 is 24.5 Å². The first-order chi connectivity index (χ1) is 13.4. The Morgan fingerprint density at radius 1 is 1.29 bits per heavy atom. The third-order valence-electron chi connectivity index (χ3n) is 3.74. The van der Waals surface area contributed by atoms with Crippen LogP contribution in [0.4, 0.5) is 8.78 Å². The van der Waals surface area contributed by atoms with Crippen LogP contribution in [0.2, 0.25) is 0 Å². The van der Waals surface area contributed by atoms with Crippen molar-refractivity contribution < 1.29 is 27.5 Å². The Kier molecular flexibility index (Phi) is 7.79. The second-order valence-corrected chi connectivity index (χ2v) is 5.71. The number of rotatable bonds is 8. The Labute approximate surface area is 161 Å². The molecule has 0 atom stereocenters. The fourth-order valence-corrected chi connectivity index (χ4v) is 2.47. The molecule has 0 saturated carbocycles. The maximum atomic E-state index is 12.5. The fourth-order valence-electron chi connectivity index (χ4n) is 2.47. The number of para-hydroxylation sites is 1. The monoisotopic (exact) mass is 395 g/mol. The van der Waals surface area contributed by atoms with E-state index in [4.69, 9.17) is 9.15 Å². The molecule has 0 spiro atoms. The van der Waals surface area contributed by atoms with E-state index in [0.717, 1.165) is 0 Å². The average molecular weight is 395 g/mol. The van der Waals surface area contributed by atoms with Gasteiger partial charge in [0.15, 0.2) is 5.96 Å². The number of alkyl halides is 2. The van der Waals surface area contributed by atoms with Crippen molar-refractivity contribution in [3.63, 3.8) is 0 Å². The summed E-state index contributed by atoms with van der Waals surface area (Å²) in [4.78, 5) is 16.0. The Balaban J connectivity index is 2.06. The van der Waals surface area contributed by atoms with Gasteiger partial charge in [0.1, 0.15) is 22.8 Å². The summed E-state index contributed by atoms with van der Waals surface area (Å²) < 4.78 is 39.8. The highest BCUT2D eigenvalue weighted by Crippen LogP contribution is 2.21. The van der Waals surface area contributed by atoms with E-state index in [0.29, 0.717) is 35.2 Å². The average Bonchev–Trinajstić information content (AvgIpc) is 3.04. The summed E-state index contributed by atoms with van der Waals surface area (Å²) >= 11 is 0. The van der Waals surface area contributed by atoms with E-state index in [9.17, 15) is 13.6 Å². The first kappa shape index (κ1) is 21.2. The zero-order valence-electron chi connectivity index (χ0n) is 15.9. The third kappa shape index (κ3) is 5.97. The normalized spacial score (nSPS) is 11.4. The van der Waals surface area contributed by atoms with Gasteiger partial charge in [0, 0.05) is 12.1 Å². The number of esters is 1. The number of nitrogens with one attached hydrogen (secondary N) is 2. The van der Waals surface area contributed by atoms with Crippen molar-refractivity contribution in [1.29, 1.82) is 0 Å². The number of guanidine groups is 1. The van der Waals surface area contributed by atoms with Crippen LogP contribution in [-0.2, 0) is 17.8 Å². The van der Waals surface area contributed by atoms with Crippen LogP contribution in [0.1, 0.15) is 34.4 Å². The van der Waals surface area contributed by atoms with E-state index < -0.39 is 12.6 Å². The smallest absolute Gasteiger partial charge is 0.387 e. The summed E-state index contributed by atoms with van der Waals surface area (Å²) in [5, 5.41) is 6.12. The van der Waals surface area contributed by atoms with Crippen LogP contribution in [0.5, 0.6) is 5.75 Å². The zero-order valence-corrected chi connectivity index (χ0v) is 15.9. The molecule has 0 aliphatic rings. The third-order valence-corrected chi connectivity index (χ3v) is 3.74. The molecule has 1 aromatic carbocycles. The second kappa shape index (κ2) is 10.3. The summed E-state index contributed by atoms with van der Waals surface area (Å²) in [6.07, 6.45) is 0. The molecule has 0 fully saturated rings. The Bertz CT molecular complexity index is 821. The van der Waals surface area contributed by atoms with Crippen LogP contribution in [0, 0.1) is 6.92 Å². The molecular weight excluding hydrogens is 372 g/mol. The van der Waals surface area contributed by atoms with Gasteiger partial charge in [0.25, 0.3) is 0 Å². The quantitative estimate of drug-likeness (QED) is 0.406. The van der Waals surface area contributed by atoms with Gasteiger partial charge in [-0.3, -0.25) is 0 Å². The van der Waals surface area contributed by atoms with Crippen LogP contribution < -0.4 is 15.4 Å². The molecule has 0 radical (unpaired) electrons. The lowest BCUT2D eigenvalue weighted by molar-refractivity contribution is -0.0504. The number of carbonyl (C=O) groups is 1. The molecule has 0 amide bonds. The number of aryl methyl sites for hydroxylation is 1. The lowest BCUT2D eigenvalue weighted by Crippen LogP contribution is -2.36. The van der Waals surface area contributed by atoms with Gasteiger partial charge in [-0.05, 0) is 26.0 Å². The molecule has 2 N–H and O–H groups in total. The van der Waals surface area contributed by atoms with Crippen molar-refractivity contribution in [3.05, 3.63) is 53.0 Å². The van der Waals surface area contributed by atoms with Crippen molar-refractivity contribution >= 4 is 11.9 Å². The SMILES string of the molecule is CCNC(=NCc1ccccc1OC(F)F)NCc1cc(C(=O)OC)c(C)o1. The molecule has 0 bridgehead atoms. The fraction of sp³-hybridized carbons (Fsp3) is 0.368. The van der Waals surface area contributed by atoms with Crippen LogP contribution in [0.25, 0.3) is 0 Å². The molecule has 9 heteroatoms. The first-order valence-electron chi connectivity index (χ1n) is 8.67. The highest BCUT2D eigenvalue weighted by molar-refractivity contribution is 5.90. The largest absolute Gasteiger partial charge is 0.465 e. The maximum absolute atomic E-state index is 12.5. The van der Waals surface area contributed by atoms with E-state index in [1.165, 1.54) is 13.2 Å². The van der Waals surface area contributed by atoms with Gasteiger partial charge in [-0.15, -0.1) is 0 Å². The topological polar surface area (TPSA) is 85.1 Å². The summed E-state index contributed by atoms with van der Waals surface area (Å²) in [7, 11) is 1.30. The summed E-state index contributed by atoms with van der Waals surface area (Å²) in [6, 6.07) is 8.08. The molecule has 2 rings (SSSR count). The number of methoxy groups -OCH3 is 1. The van der Waals surface area contributed by atoms with E-state index in [1.54, 1.807) is 31.2 Å². The van der Waals surface area contributed by atoms with Gasteiger partial charge >= 0.3 is 12.6 Å². The number of aliphatic imine (C=N–C) groups is 1. The van der Waals surface area contributed by atoms with E-state index in [-0.39, 0.29) is 18.8 Å². The van der Waals surface area contributed by atoms with Crippen LogP contribution in [0.3, 0.4) is 0 Å². The molecule has 2 aromatic rings. The molecule has 0 saturated heterocycles. The van der Waals surface area contributed by atoms with E-state index >= 15 is 0 Å². The standard InChI is InChI=1S/C19H23F2N3O4/c1-4-22-19(23-10-13-7-5-6-8-16(13)28-18(20)21)24-11-14-9-15(12(2)27-14)17(25)26-3/h5-9,18H,4,10-11H2,1-3H3,(H2,22,23,24). The van der Waals surface area contributed by atoms with Crippen LogP contribution in [-0.4, -0.2) is 32.2 Å². The van der Waals surface area contributed by atoms with Crippen molar-refractivity contribution in [3.8, 4) is 5.75 Å². The number of ether oxygens (including phenoxy) is 2. The van der Waals surface area contributed by atoms with Gasteiger partial charge in [0.05, 0.1) is 20.2 Å². The lowest BCUT2D eigenvalue weighted by atomic mass is 10.2. The number of carbonyl (C=O) groups excluding carboxylic acids is 1. The highest BCUT2D eigenvalue weighted by atomic mass is 19.3. The van der Waals surface area contributed by atoms with Crippen LogP contribution >= 0.6 is 0 Å². The minimum Gasteiger partial charge on any atom is -0.465 e. The molecule has 1 heterocycles. The van der Waals surface area contributed by atoms with Crippen molar-refractivity contribution in [2.75, 3.05) is 13.7 Å². The van der Waals surface area contributed by atoms with Gasteiger partial charge in [-0.1, -0.05) is 18.2 Å². The second-order valence-electron chi connectivity index (χ2n) is 5.71. The zero-order chi connectivity index (χ0) is 20.5. The Morgan fingerprint density at radius 2 is 2.04 bits per heavy atom. The summed E-state index contributed by atoms with van der Waals surface area (Å²) in [5.74, 6) is 1.07. The summed E-state index contributed by atoms with van der Waals surface area (Å²) in [6.45, 7) is 1.70. The van der Waals surface area contributed by atoms with Crippen molar-refractivity contribution in [1.82, 2.24) is 10.6 Å².